The lowest BCUT2D eigenvalue weighted by molar-refractivity contribution is 0.556. The Bertz CT molecular complexity index is 563. The fourth-order valence-electron chi connectivity index (χ4n) is 1.82. The average molecular weight is 200 g/mol. The second kappa shape index (κ2) is 2.78. The lowest BCUT2D eigenvalue weighted by atomic mass is 10.1. The normalized spacial score (nSPS) is 17.3. The molecule has 0 N–H and O–H groups in total. The highest BCUT2D eigenvalue weighted by Crippen LogP contribution is 2.49. The monoisotopic (exact) mass is 200 g/mol. The fraction of sp³-hybridized carbons (Fsp3) is 0.273. The van der Waals surface area contributed by atoms with E-state index in [2.05, 4.69) is 9.98 Å². The molecule has 0 aliphatic heterocycles. The summed E-state index contributed by atoms with van der Waals surface area (Å²) in [5.74, 6) is 0. The van der Waals surface area contributed by atoms with Gasteiger partial charge in [0.2, 0.25) is 6.08 Å². The third-order valence-electron chi connectivity index (χ3n) is 2.85. The number of oxazole rings is 1. The van der Waals surface area contributed by atoms with Gasteiger partial charge in [0.1, 0.15) is 5.52 Å². The van der Waals surface area contributed by atoms with E-state index >= 15 is 0 Å². The van der Waals surface area contributed by atoms with E-state index in [0.717, 1.165) is 29.5 Å². The molecule has 74 valence electrons. The highest BCUT2D eigenvalue weighted by atomic mass is 16.3. The third kappa shape index (κ3) is 1.19. The van der Waals surface area contributed by atoms with E-state index in [0.29, 0.717) is 0 Å². The number of benzene rings is 1. The van der Waals surface area contributed by atoms with Gasteiger partial charge in [-0.25, -0.2) is 9.78 Å². The number of isocyanates is 1. The van der Waals surface area contributed by atoms with E-state index in [1.54, 1.807) is 6.08 Å². The van der Waals surface area contributed by atoms with Gasteiger partial charge in [-0.1, -0.05) is 6.07 Å². The zero-order valence-corrected chi connectivity index (χ0v) is 7.93. The minimum Gasteiger partial charge on any atom is -0.443 e. The van der Waals surface area contributed by atoms with E-state index in [1.807, 2.05) is 18.2 Å². The molecule has 0 saturated heterocycles. The first kappa shape index (κ1) is 8.38. The molecule has 3 rings (SSSR count). The summed E-state index contributed by atoms with van der Waals surface area (Å²) in [4.78, 5) is 18.3. The molecule has 1 aromatic carbocycles. The first-order valence-electron chi connectivity index (χ1n) is 4.77. The molecule has 0 amide bonds. The van der Waals surface area contributed by atoms with Gasteiger partial charge < -0.3 is 4.42 Å². The van der Waals surface area contributed by atoms with Gasteiger partial charge in [0.25, 0.3) is 0 Å². The average Bonchev–Trinajstić information content (AvgIpc) is 2.89. The topological polar surface area (TPSA) is 55.5 Å². The molecule has 0 bridgehead atoms. The van der Waals surface area contributed by atoms with Crippen LogP contribution in [0.4, 0.5) is 0 Å². The second-order valence-corrected chi connectivity index (χ2v) is 3.77. The summed E-state index contributed by atoms with van der Waals surface area (Å²) in [6.45, 7) is 0. The number of hydrogen-bond acceptors (Lipinski definition) is 4. The molecule has 0 unspecified atom stereocenters. The van der Waals surface area contributed by atoms with Crippen LogP contribution in [0.5, 0.6) is 0 Å². The second-order valence-electron chi connectivity index (χ2n) is 3.77. The van der Waals surface area contributed by atoms with E-state index in [1.165, 1.54) is 6.39 Å². The Hall–Kier alpha value is -1.93. The van der Waals surface area contributed by atoms with Crippen LogP contribution in [-0.2, 0) is 10.3 Å². The summed E-state index contributed by atoms with van der Waals surface area (Å²) in [6, 6.07) is 5.71. The molecular formula is C11H8N2O2. The minimum absolute atomic E-state index is 0.325. The third-order valence-corrected chi connectivity index (χ3v) is 2.85. The predicted molar refractivity (Wildman–Crippen MR) is 53.0 cm³/mol. The highest BCUT2D eigenvalue weighted by molar-refractivity contribution is 5.73. The van der Waals surface area contributed by atoms with Crippen molar-refractivity contribution in [3.8, 4) is 0 Å². The van der Waals surface area contributed by atoms with Gasteiger partial charge in [0, 0.05) is 0 Å². The molecule has 15 heavy (non-hydrogen) atoms. The van der Waals surface area contributed by atoms with Crippen molar-refractivity contribution in [3.63, 3.8) is 0 Å². The van der Waals surface area contributed by atoms with Crippen LogP contribution in [0.1, 0.15) is 18.4 Å². The fourth-order valence-corrected chi connectivity index (χ4v) is 1.82. The maximum atomic E-state index is 10.3. The number of hydrogen-bond donors (Lipinski definition) is 0. The first-order chi connectivity index (χ1) is 7.34. The highest BCUT2D eigenvalue weighted by Gasteiger charge is 2.44. The largest absolute Gasteiger partial charge is 0.443 e. The van der Waals surface area contributed by atoms with Gasteiger partial charge in [-0.3, -0.25) is 0 Å². The number of aromatic nitrogens is 1. The van der Waals surface area contributed by atoms with Crippen molar-refractivity contribution in [1.29, 1.82) is 0 Å². The van der Waals surface area contributed by atoms with Crippen LogP contribution < -0.4 is 0 Å². The standard InChI is InChI=1S/C11H8N2O2/c14-6-13-11(3-4-11)8-1-2-10-9(5-8)12-7-15-10/h1-2,5,7H,3-4H2. The molecule has 1 saturated carbocycles. The predicted octanol–water partition coefficient (Wildman–Crippen LogP) is 2.15. The van der Waals surface area contributed by atoms with Crippen molar-refractivity contribution in [2.24, 2.45) is 4.99 Å². The Morgan fingerprint density at radius 3 is 3.07 bits per heavy atom. The number of aliphatic imine (C=N–C) groups is 1. The summed E-state index contributed by atoms with van der Waals surface area (Å²) < 4.78 is 5.15. The molecule has 1 aliphatic rings. The number of nitrogens with zero attached hydrogens (tertiary/aromatic N) is 2. The van der Waals surface area contributed by atoms with Crippen LogP contribution in [0, 0.1) is 0 Å². The lowest BCUT2D eigenvalue weighted by Crippen LogP contribution is -2.01. The van der Waals surface area contributed by atoms with Crippen LogP contribution in [0.3, 0.4) is 0 Å². The van der Waals surface area contributed by atoms with Crippen molar-refractivity contribution in [2.45, 2.75) is 18.4 Å². The summed E-state index contributed by atoms with van der Waals surface area (Å²) in [7, 11) is 0. The molecule has 4 heteroatoms. The van der Waals surface area contributed by atoms with Crippen molar-refractivity contribution >= 4 is 17.2 Å². The number of rotatable bonds is 2. The molecule has 0 spiro atoms. The van der Waals surface area contributed by atoms with E-state index < -0.39 is 0 Å². The molecule has 0 radical (unpaired) electrons. The molecule has 0 atom stereocenters. The number of carbonyl (C=O) groups excluding carboxylic acids is 1. The van der Waals surface area contributed by atoms with E-state index in [9.17, 15) is 4.79 Å². The zero-order chi connectivity index (χ0) is 10.3. The SMILES string of the molecule is O=C=NC1(c2ccc3ocnc3c2)CC1. The Balaban J connectivity index is 2.15. The lowest BCUT2D eigenvalue weighted by Gasteiger charge is -2.06. The van der Waals surface area contributed by atoms with Crippen LogP contribution in [-0.4, -0.2) is 11.1 Å². The van der Waals surface area contributed by atoms with Gasteiger partial charge in [-0.2, -0.15) is 4.99 Å². The van der Waals surface area contributed by atoms with E-state index in [4.69, 9.17) is 4.42 Å². The van der Waals surface area contributed by atoms with E-state index in [-0.39, 0.29) is 5.54 Å². The molecule has 2 aromatic rings. The zero-order valence-electron chi connectivity index (χ0n) is 7.93. The first-order valence-corrected chi connectivity index (χ1v) is 4.77. The van der Waals surface area contributed by atoms with Gasteiger partial charge in [0.15, 0.2) is 12.0 Å². The maximum Gasteiger partial charge on any atom is 0.235 e. The molecular weight excluding hydrogens is 192 g/mol. The summed E-state index contributed by atoms with van der Waals surface area (Å²) in [5.41, 5.74) is 2.26. The Labute approximate surface area is 85.6 Å². The summed E-state index contributed by atoms with van der Waals surface area (Å²) in [5, 5.41) is 0. The van der Waals surface area contributed by atoms with Gasteiger partial charge in [-0.05, 0) is 30.5 Å². The molecule has 1 aliphatic carbocycles. The van der Waals surface area contributed by atoms with Crippen LogP contribution in [0.15, 0.2) is 34.0 Å². The molecule has 1 fully saturated rings. The van der Waals surface area contributed by atoms with Crippen LogP contribution in [0.25, 0.3) is 11.1 Å². The van der Waals surface area contributed by atoms with Crippen LogP contribution in [0.2, 0.25) is 0 Å². The minimum atomic E-state index is -0.325. The van der Waals surface area contributed by atoms with Crippen LogP contribution >= 0.6 is 0 Å². The smallest absolute Gasteiger partial charge is 0.235 e. The Morgan fingerprint density at radius 1 is 1.47 bits per heavy atom. The van der Waals surface area contributed by atoms with Crippen molar-refractivity contribution in [2.75, 3.05) is 0 Å². The quantitative estimate of drug-likeness (QED) is 0.551. The van der Waals surface area contributed by atoms with Gasteiger partial charge in [0.05, 0.1) is 5.54 Å². The summed E-state index contributed by atoms with van der Waals surface area (Å²) in [6.07, 6.45) is 4.87. The van der Waals surface area contributed by atoms with Crippen molar-refractivity contribution in [3.05, 3.63) is 30.2 Å². The van der Waals surface area contributed by atoms with Crippen molar-refractivity contribution < 1.29 is 9.21 Å². The molecule has 1 heterocycles. The molecule has 4 nitrogen and oxygen atoms in total. The van der Waals surface area contributed by atoms with Crippen molar-refractivity contribution in [1.82, 2.24) is 4.98 Å². The maximum absolute atomic E-state index is 10.3. The van der Waals surface area contributed by atoms with Gasteiger partial charge >= 0.3 is 0 Å². The Morgan fingerprint density at radius 2 is 2.33 bits per heavy atom. The number of fused-ring (bicyclic) bond motifs is 1. The van der Waals surface area contributed by atoms with Gasteiger partial charge in [-0.15, -0.1) is 0 Å². The summed E-state index contributed by atoms with van der Waals surface area (Å²) >= 11 is 0. The Kier molecular flexibility index (Phi) is 1.55. The molecule has 1 aromatic heterocycles.